The van der Waals surface area contributed by atoms with Crippen LogP contribution in [-0.2, 0) is 0 Å². The van der Waals surface area contributed by atoms with Gasteiger partial charge in [0.15, 0.2) is 0 Å². The van der Waals surface area contributed by atoms with Crippen LogP contribution in [-0.4, -0.2) is 22.1 Å². The molecule has 1 fully saturated rings. The Bertz CT molecular complexity index is 314. The Morgan fingerprint density at radius 1 is 1.27 bits per heavy atom. The summed E-state index contributed by atoms with van der Waals surface area (Å²) in [6, 6.07) is 0.547. The molecular weight excluding hydrogens is 256 g/mol. The summed E-state index contributed by atoms with van der Waals surface area (Å²) in [6.45, 7) is 0. The summed E-state index contributed by atoms with van der Waals surface area (Å²) in [5, 5.41) is 3.29. The molecule has 0 aromatic carbocycles. The second-order valence-corrected chi connectivity index (χ2v) is 4.84. The first-order valence-electron chi connectivity index (χ1n) is 5.25. The zero-order valence-electron chi connectivity index (χ0n) is 8.49. The number of nitrogens with two attached hydrogens (primary N) is 1. The molecule has 1 aliphatic rings. The Morgan fingerprint density at radius 3 is 2.60 bits per heavy atom. The molecule has 1 heterocycles. The van der Waals surface area contributed by atoms with Gasteiger partial charge < -0.3 is 11.1 Å². The van der Waals surface area contributed by atoms with Gasteiger partial charge in [0, 0.05) is 24.5 Å². The first kappa shape index (κ1) is 10.8. The lowest BCUT2D eigenvalue weighted by Crippen LogP contribution is -2.42. The van der Waals surface area contributed by atoms with Crippen LogP contribution in [0.4, 0.5) is 5.95 Å². The fourth-order valence-corrected chi connectivity index (χ4v) is 2.10. The fourth-order valence-electron chi connectivity index (χ4n) is 1.89. The van der Waals surface area contributed by atoms with E-state index in [4.69, 9.17) is 5.73 Å². The molecule has 2 atom stereocenters. The first-order chi connectivity index (χ1) is 7.25. The van der Waals surface area contributed by atoms with E-state index in [0.717, 1.165) is 17.3 Å². The minimum absolute atomic E-state index is 0.228. The molecule has 0 aliphatic heterocycles. The summed E-state index contributed by atoms with van der Waals surface area (Å²) < 4.78 is 0.890. The van der Waals surface area contributed by atoms with Crippen LogP contribution in [0.15, 0.2) is 16.9 Å². The lowest BCUT2D eigenvalue weighted by molar-refractivity contribution is 0.402. The summed E-state index contributed by atoms with van der Waals surface area (Å²) in [6.07, 6.45) is 8.16. The molecule has 3 N–H and O–H groups in total. The van der Waals surface area contributed by atoms with Crippen LogP contribution in [0.5, 0.6) is 0 Å². The van der Waals surface area contributed by atoms with Gasteiger partial charge in [-0.2, -0.15) is 0 Å². The molecular formula is C10H15BrN4. The van der Waals surface area contributed by atoms with E-state index in [9.17, 15) is 0 Å². The zero-order valence-corrected chi connectivity index (χ0v) is 10.1. The molecule has 0 unspecified atom stereocenters. The van der Waals surface area contributed by atoms with E-state index in [1.54, 1.807) is 12.4 Å². The van der Waals surface area contributed by atoms with Gasteiger partial charge in [-0.15, -0.1) is 0 Å². The van der Waals surface area contributed by atoms with Crippen molar-refractivity contribution >= 4 is 21.9 Å². The van der Waals surface area contributed by atoms with Crippen molar-refractivity contribution in [2.45, 2.75) is 37.8 Å². The number of hydrogen-bond donors (Lipinski definition) is 2. The zero-order chi connectivity index (χ0) is 10.7. The van der Waals surface area contributed by atoms with Crippen LogP contribution in [0, 0.1) is 0 Å². The van der Waals surface area contributed by atoms with E-state index in [1.807, 2.05) is 0 Å². The van der Waals surface area contributed by atoms with Gasteiger partial charge in [-0.05, 0) is 28.8 Å². The number of anilines is 1. The number of nitrogens with zero attached hydrogens (tertiary/aromatic N) is 2. The van der Waals surface area contributed by atoms with Gasteiger partial charge in [-0.25, -0.2) is 9.97 Å². The van der Waals surface area contributed by atoms with Gasteiger partial charge in [0.05, 0.1) is 4.47 Å². The van der Waals surface area contributed by atoms with E-state index < -0.39 is 0 Å². The first-order valence-corrected chi connectivity index (χ1v) is 6.04. The van der Waals surface area contributed by atoms with E-state index in [0.29, 0.717) is 12.0 Å². The third-order valence-electron chi connectivity index (χ3n) is 2.75. The highest BCUT2D eigenvalue weighted by Gasteiger charge is 2.21. The van der Waals surface area contributed by atoms with E-state index >= 15 is 0 Å². The van der Waals surface area contributed by atoms with Gasteiger partial charge in [0.25, 0.3) is 0 Å². The lowest BCUT2D eigenvalue weighted by Gasteiger charge is -2.29. The Hall–Kier alpha value is -0.680. The molecule has 0 spiro atoms. The maximum Gasteiger partial charge on any atom is 0.222 e. The summed E-state index contributed by atoms with van der Waals surface area (Å²) >= 11 is 3.31. The SMILES string of the molecule is N[C@@H]1CCCC[C@H]1Nc1ncc(Br)cn1. The smallest absolute Gasteiger partial charge is 0.222 e. The molecule has 1 saturated carbocycles. The van der Waals surface area contributed by atoms with Crippen molar-refractivity contribution in [1.82, 2.24) is 9.97 Å². The van der Waals surface area contributed by atoms with Crippen LogP contribution in [0.2, 0.25) is 0 Å². The van der Waals surface area contributed by atoms with Gasteiger partial charge in [0.2, 0.25) is 5.95 Å². The van der Waals surface area contributed by atoms with Crippen LogP contribution < -0.4 is 11.1 Å². The third kappa shape index (κ3) is 2.89. The van der Waals surface area contributed by atoms with E-state index in [-0.39, 0.29) is 6.04 Å². The predicted molar refractivity (Wildman–Crippen MR) is 63.6 cm³/mol. The summed E-state index contributed by atoms with van der Waals surface area (Å²) in [5.74, 6) is 0.667. The van der Waals surface area contributed by atoms with Gasteiger partial charge >= 0.3 is 0 Å². The highest BCUT2D eigenvalue weighted by atomic mass is 79.9. The molecule has 82 valence electrons. The van der Waals surface area contributed by atoms with Crippen molar-refractivity contribution in [2.24, 2.45) is 5.73 Å². The largest absolute Gasteiger partial charge is 0.350 e. The van der Waals surface area contributed by atoms with Gasteiger partial charge in [0.1, 0.15) is 0 Å². The molecule has 0 amide bonds. The van der Waals surface area contributed by atoms with Crippen molar-refractivity contribution in [3.8, 4) is 0 Å². The normalized spacial score (nSPS) is 26.3. The van der Waals surface area contributed by atoms with Crippen LogP contribution in [0.25, 0.3) is 0 Å². The van der Waals surface area contributed by atoms with Crippen LogP contribution in [0.1, 0.15) is 25.7 Å². The van der Waals surface area contributed by atoms with E-state index in [2.05, 4.69) is 31.2 Å². The van der Waals surface area contributed by atoms with Gasteiger partial charge in [-0.1, -0.05) is 12.8 Å². The quantitative estimate of drug-likeness (QED) is 0.862. The van der Waals surface area contributed by atoms with Crippen molar-refractivity contribution in [1.29, 1.82) is 0 Å². The summed E-state index contributed by atoms with van der Waals surface area (Å²) in [5.41, 5.74) is 6.03. The number of hydrogen-bond acceptors (Lipinski definition) is 4. The molecule has 1 aromatic rings. The Labute approximate surface area is 97.8 Å². The molecule has 1 aliphatic carbocycles. The second-order valence-electron chi connectivity index (χ2n) is 3.92. The average molecular weight is 271 g/mol. The van der Waals surface area contributed by atoms with Gasteiger partial charge in [-0.3, -0.25) is 0 Å². The summed E-state index contributed by atoms with van der Waals surface area (Å²) in [4.78, 5) is 8.36. The third-order valence-corrected chi connectivity index (χ3v) is 3.16. The molecule has 0 saturated heterocycles. The minimum atomic E-state index is 0.228. The molecule has 0 bridgehead atoms. The number of rotatable bonds is 2. The van der Waals surface area contributed by atoms with Crippen LogP contribution >= 0.6 is 15.9 Å². The monoisotopic (exact) mass is 270 g/mol. The minimum Gasteiger partial charge on any atom is -0.350 e. The number of aromatic nitrogens is 2. The van der Waals surface area contributed by atoms with Crippen molar-refractivity contribution < 1.29 is 0 Å². The molecule has 5 heteroatoms. The Morgan fingerprint density at radius 2 is 1.93 bits per heavy atom. The maximum absolute atomic E-state index is 6.03. The highest BCUT2D eigenvalue weighted by molar-refractivity contribution is 9.10. The topological polar surface area (TPSA) is 63.8 Å². The fraction of sp³-hybridized carbons (Fsp3) is 0.600. The average Bonchev–Trinajstić information content (AvgIpc) is 2.25. The van der Waals surface area contributed by atoms with Crippen LogP contribution in [0.3, 0.4) is 0 Å². The highest BCUT2D eigenvalue weighted by Crippen LogP contribution is 2.19. The maximum atomic E-state index is 6.03. The molecule has 0 radical (unpaired) electrons. The predicted octanol–water partition coefficient (Wildman–Crippen LogP) is 1.92. The van der Waals surface area contributed by atoms with Crippen molar-refractivity contribution in [3.63, 3.8) is 0 Å². The Kier molecular flexibility index (Phi) is 3.53. The van der Waals surface area contributed by atoms with E-state index in [1.165, 1.54) is 12.8 Å². The van der Waals surface area contributed by atoms with Crippen molar-refractivity contribution in [2.75, 3.05) is 5.32 Å². The molecule has 1 aromatic heterocycles. The molecule has 15 heavy (non-hydrogen) atoms. The lowest BCUT2D eigenvalue weighted by atomic mass is 9.91. The number of halogens is 1. The summed E-state index contributed by atoms with van der Waals surface area (Å²) in [7, 11) is 0. The second kappa shape index (κ2) is 4.90. The molecule has 4 nitrogen and oxygen atoms in total. The molecule has 2 rings (SSSR count). The Balaban J connectivity index is 1.98. The number of nitrogens with one attached hydrogen (secondary N) is 1. The van der Waals surface area contributed by atoms with Crippen molar-refractivity contribution in [3.05, 3.63) is 16.9 Å². The standard InChI is InChI=1S/C10H15BrN4/c11-7-5-13-10(14-6-7)15-9-4-2-1-3-8(9)12/h5-6,8-9H,1-4,12H2,(H,13,14,15)/t8-,9-/m1/s1.